The summed E-state index contributed by atoms with van der Waals surface area (Å²) < 4.78 is 8.28. The second kappa shape index (κ2) is 176. The van der Waals surface area contributed by atoms with E-state index in [1.54, 1.807) is 0 Å². The van der Waals surface area contributed by atoms with Crippen LogP contribution >= 0.6 is 0 Å². The van der Waals surface area contributed by atoms with Crippen LogP contribution in [0.5, 0.6) is 0 Å². The van der Waals surface area contributed by atoms with Gasteiger partial charge in [0, 0.05) is 0 Å². The second-order valence-electron chi connectivity index (χ2n) is 0. The van der Waals surface area contributed by atoms with Gasteiger partial charge in [-0.1, -0.05) is 0 Å². The van der Waals surface area contributed by atoms with Gasteiger partial charge < -0.3 is 16.4 Å². The van der Waals surface area contributed by atoms with Gasteiger partial charge in [0.15, 0.2) is 0 Å². The van der Waals surface area contributed by atoms with Crippen molar-refractivity contribution >= 4 is 50.9 Å². The number of hydrogen-bond acceptors (Lipinski definition) is 1. The van der Waals surface area contributed by atoms with E-state index in [1.165, 1.54) is 0 Å². The fraction of sp³-hybridized carbons (Fsp3) is 0. The van der Waals surface area contributed by atoms with Gasteiger partial charge in [0.05, 0.1) is 0 Å². The van der Waals surface area contributed by atoms with Crippen molar-refractivity contribution in [2.45, 2.75) is 0 Å². The first kappa shape index (κ1) is 84.5. The van der Waals surface area contributed by atoms with Crippen LogP contribution in [0, 0.1) is 0 Å². The quantitative estimate of drug-likeness (QED) is 0.366. The molecule has 0 heterocycles. The zero-order chi connectivity index (χ0) is 2.00. The molecule has 0 fully saturated rings. The van der Waals surface area contributed by atoms with Gasteiger partial charge in [-0.25, -0.2) is 0 Å². The third-order valence-corrected chi connectivity index (χ3v) is 0. The first-order valence-corrected chi connectivity index (χ1v) is 0.866. The van der Waals surface area contributed by atoms with Crippen LogP contribution in [0.4, 0.5) is 0 Å². The molecule has 0 aromatic rings. The molecule has 0 aliphatic rings. The molecule has 0 amide bonds. The van der Waals surface area contributed by atoms with E-state index in [9.17, 15) is 0 Å². The Hall–Kier alpha value is 1.28. The normalized spacial score (nSPS) is 0.429. The van der Waals surface area contributed by atoms with Crippen molar-refractivity contribution in [3.63, 3.8) is 0 Å². The van der Waals surface area contributed by atoms with Crippen molar-refractivity contribution in [2.75, 3.05) is 0 Å². The summed E-state index contributed by atoms with van der Waals surface area (Å²) in [5.74, 6) is 0. The summed E-state index contributed by atoms with van der Waals surface area (Å²) in [7, 11) is 0. The maximum atomic E-state index is 8.28. The molecule has 0 saturated heterocycles. The molecule has 7 heteroatoms. The molecule has 0 aliphatic carbocycles. The zero-order valence-electron chi connectivity index (χ0n) is 3.49. The maximum absolute atomic E-state index is 8.28. The van der Waals surface area contributed by atoms with Crippen LogP contribution in [-0.4, -0.2) is 50.9 Å². The number of rotatable bonds is 0. The van der Waals surface area contributed by atoms with Crippen LogP contribution in [0.15, 0.2) is 0 Å². The monoisotopic (exact) mass is 146 g/mol. The molecule has 0 unspecified atom stereocenters. The van der Waals surface area contributed by atoms with Gasteiger partial charge >= 0.3 is 54.8 Å². The average Bonchev–Trinajstić information content (AvgIpc) is 1.00. The topological polar surface area (TPSA) is 103 Å². The molecule has 0 aromatic carbocycles. The Morgan fingerprint density at radius 3 is 0.714 bits per heavy atom. The fourth-order valence-corrected chi connectivity index (χ4v) is 0. The molecule has 0 bridgehead atoms. The van der Waals surface area contributed by atoms with Crippen LogP contribution < -0.4 is 0 Å². The summed E-state index contributed by atoms with van der Waals surface area (Å²) in [6, 6.07) is 0. The molecular formula is HAl3O4. The molecule has 0 radical (unpaired) electrons. The van der Waals surface area contributed by atoms with Gasteiger partial charge in [-0.15, -0.1) is 0 Å². The van der Waals surface area contributed by atoms with Gasteiger partial charge in [0.25, 0.3) is 0 Å². The minimum atomic E-state index is 0. The minimum absolute atomic E-state index is 0. The van der Waals surface area contributed by atoms with Crippen molar-refractivity contribution in [1.29, 1.82) is 0 Å². The molecule has 0 aliphatic heterocycles. The summed E-state index contributed by atoms with van der Waals surface area (Å²) >= 11 is 0.611. The van der Waals surface area contributed by atoms with E-state index in [2.05, 4.69) is 0 Å². The van der Waals surface area contributed by atoms with E-state index in [0.29, 0.717) is 16.2 Å². The van der Waals surface area contributed by atoms with Gasteiger partial charge in [0.1, 0.15) is 0 Å². The van der Waals surface area contributed by atoms with Crippen LogP contribution in [0.3, 0.4) is 0 Å². The SMILES string of the molecule is [Al+3].[Al+3].[O-2].[O-2].[O-2].[O]=[AlH]. The van der Waals surface area contributed by atoms with Crippen molar-refractivity contribution in [3.05, 3.63) is 0 Å². The third kappa shape index (κ3) is 124. The van der Waals surface area contributed by atoms with E-state index in [1.807, 2.05) is 0 Å². The van der Waals surface area contributed by atoms with Gasteiger partial charge in [0.2, 0.25) is 0 Å². The molecule has 0 N–H and O–H groups in total. The standard InChI is InChI=1S/3Al.4O.H/q;2*+3;;3*-2;. The molecule has 7 heavy (non-hydrogen) atoms. The molecule has 0 atom stereocenters. The zero-order valence-corrected chi connectivity index (χ0v) is 7.22. The summed E-state index contributed by atoms with van der Waals surface area (Å²) in [5.41, 5.74) is 0. The first-order valence-electron chi connectivity index (χ1n) is 0.289. The van der Waals surface area contributed by atoms with E-state index in [-0.39, 0.29) is 51.2 Å². The molecule has 0 rings (SSSR count). The fourth-order valence-electron chi connectivity index (χ4n) is 0. The van der Waals surface area contributed by atoms with Crippen LogP contribution in [0.2, 0.25) is 0 Å². The molecule has 34 valence electrons. The van der Waals surface area contributed by atoms with E-state index in [4.69, 9.17) is 3.80 Å². The average molecular weight is 146 g/mol. The van der Waals surface area contributed by atoms with Gasteiger partial charge in [-0.2, -0.15) is 0 Å². The summed E-state index contributed by atoms with van der Waals surface area (Å²) in [5, 5.41) is 0. The van der Waals surface area contributed by atoms with Crippen LogP contribution in [-0.2, 0) is 20.2 Å². The van der Waals surface area contributed by atoms with Crippen molar-refractivity contribution in [1.82, 2.24) is 0 Å². The first-order chi connectivity index (χ1) is 1.00. The molecule has 0 aromatic heterocycles. The number of hydrogen-bond donors (Lipinski definition) is 0. The van der Waals surface area contributed by atoms with Crippen molar-refractivity contribution < 1.29 is 20.2 Å². The Kier molecular flexibility index (Phi) is 2120. The second-order valence-corrected chi connectivity index (χ2v) is 0. The van der Waals surface area contributed by atoms with Crippen LogP contribution in [0.1, 0.15) is 0 Å². The van der Waals surface area contributed by atoms with Crippen molar-refractivity contribution in [2.24, 2.45) is 0 Å². The molecule has 0 saturated carbocycles. The predicted molar refractivity (Wildman–Crippen MR) is 21.4 cm³/mol. The summed E-state index contributed by atoms with van der Waals surface area (Å²) in [4.78, 5) is 0. The van der Waals surface area contributed by atoms with E-state index < -0.39 is 0 Å². The van der Waals surface area contributed by atoms with Crippen molar-refractivity contribution in [3.8, 4) is 0 Å². The Bertz CT molecular complexity index is 6.90. The van der Waals surface area contributed by atoms with E-state index >= 15 is 0 Å². The Morgan fingerprint density at radius 1 is 0.714 bits per heavy atom. The Balaban J connectivity index is -0.000000000500. The molecular weight excluding hydrogens is 145 g/mol. The van der Waals surface area contributed by atoms with Crippen LogP contribution in [0.25, 0.3) is 0 Å². The Morgan fingerprint density at radius 2 is 0.714 bits per heavy atom. The molecule has 0 spiro atoms. The third-order valence-electron chi connectivity index (χ3n) is 0. The van der Waals surface area contributed by atoms with Gasteiger partial charge in [-0.3, -0.25) is 0 Å². The van der Waals surface area contributed by atoms with Gasteiger partial charge in [-0.05, 0) is 0 Å². The summed E-state index contributed by atoms with van der Waals surface area (Å²) in [6.45, 7) is 0. The molecule has 4 nitrogen and oxygen atoms in total. The Labute approximate surface area is 71.1 Å². The predicted octanol–water partition coefficient (Wildman–Crippen LogP) is -1.89. The summed E-state index contributed by atoms with van der Waals surface area (Å²) in [6.07, 6.45) is 0. The van der Waals surface area contributed by atoms with E-state index in [0.717, 1.165) is 0 Å².